The van der Waals surface area contributed by atoms with E-state index in [2.05, 4.69) is 6.58 Å². The zero-order valence-electron chi connectivity index (χ0n) is 15.9. The minimum absolute atomic E-state index is 0.101. The summed E-state index contributed by atoms with van der Waals surface area (Å²) in [4.78, 5) is 25.0. The van der Waals surface area contributed by atoms with E-state index in [-0.39, 0.29) is 18.2 Å². The molecule has 1 fully saturated rings. The zero-order chi connectivity index (χ0) is 21.5. The standard InChI is InChI=1S/C21H18N2O5S2/c1-2-10-22-20(24)19(30-21(22)29)14-15-13-16(23(25)26)8-9-18(15)28-12-11-27-17-6-4-3-5-7-17/h2-9,13-14H,1,10-12H2/b19-14-. The lowest BCUT2D eigenvalue weighted by atomic mass is 10.1. The van der Waals surface area contributed by atoms with E-state index in [0.29, 0.717) is 33.7 Å². The van der Waals surface area contributed by atoms with Crippen LogP contribution in [0.3, 0.4) is 0 Å². The van der Waals surface area contributed by atoms with E-state index in [1.54, 1.807) is 12.2 Å². The molecule has 0 radical (unpaired) electrons. The molecular formula is C21H18N2O5S2. The van der Waals surface area contributed by atoms with Gasteiger partial charge in [-0.25, -0.2) is 0 Å². The second kappa shape index (κ2) is 10.0. The van der Waals surface area contributed by atoms with E-state index in [4.69, 9.17) is 21.7 Å². The van der Waals surface area contributed by atoms with Gasteiger partial charge in [0.05, 0.1) is 9.83 Å². The summed E-state index contributed by atoms with van der Waals surface area (Å²) < 4.78 is 11.8. The SMILES string of the molecule is C=CCN1C(=O)/C(=C/c2cc([N+](=O)[O-])ccc2OCCOc2ccccc2)SC1=S. The Morgan fingerprint density at radius 3 is 2.60 bits per heavy atom. The molecule has 2 aromatic carbocycles. The van der Waals surface area contributed by atoms with Crippen LogP contribution in [0.15, 0.2) is 66.1 Å². The van der Waals surface area contributed by atoms with Crippen molar-refractivity contribution in [3.05, 3.63) is 81.8 Å². The molecule has 1 saturated heterocycles. The Kier molecular flexibility index (Phi) is 7.21. The number of para-hydroxylation sites is 1. The molecule has 2 aromatic rings. The molecule has 0 aromatic heterocycles. The number of hydrogen-bond acceptors (Lipinski definition) is 7. The average Bonchev–Trinajstić information content (AvgIpc) is 3.00. The van der Waals surface area contributed by atoms with Gasteiger partial charge >= 0.3 is 0 Å². The first-order valence-corrected chi connectivity index (χ1v) is 10.2. The van der Waals surface area contributed by atoms with E-state index in [1.807, 2.05) is 30.3 Å². The first-order chi connectivity index (χ1) is 14.5. The maximum Gasteiger partial charge on any atom is 0.270 e. The molecule has 0 atom stereocenters. The fraction of sp³-hybridized carbons (Fsp3) is 0.143. The van der Waals surface area contributed by atoms with Crippen LogP contribution in [0.2, 0.25) is 0 Å². The lowest BCUT2D eigenvalue weighted by Gasteiger charge is -2.11. The van der Waals surface area contributed by atoms with Gasteiger partial charge in [0, 0.05) is 24.2 Å². The quantitative estimate of drug-likeness (QED) is 0.142. The molecule has 0 N–H and O–H groups in total. The number of amides is 1. The van der Waals surface area contributed by atoms with Gasteiger partial charge in [-0.05, 0) is 24.3 Å². The minimum Gasteiger partial charge on any atom is -0.490 e. The number of non-ortho nitro benzene ring substituents is 1. The number of nitrogens with zero attached hydrogens (tertiary/aromatic N) is 2. The third kappa shape index (κ3) is 5.25. The number of rotatable bonds is 9. The molecule has 0 unspecified atom stereocenters. The normalized spacial score (nSPS) is 14.8. The predicted octanol–water partition coefficient (Wildman–Crippen LogP) is 4.44. The Balaban J connectivity index is 1.77. The maximum absolute atomic E-state index is 12.6. The largest absolute Gasteiger partial charge is 0.490 e. The summed E-state index contributed by atoms with van der Waals surface area (Å²) in [6.45, 7) is 4.45. The lowest BCUT2D eigenvalue weighted by molar-refractivity contribution is -0.384. The zero-order valence-corrected chi connectivity index (χ0v) is 17.5. The monoisotopic (exact) mass is 442 g/mol. The minimum atomic E-state index is -0.497. The molecule has 0 spiro atoms. The van der Waals surface area contributed by atoms with Crippen LogP contribution < -0.4 is 9.47 Å². The van der Waals surface area contributed by atoms with Crippen molar-refractivity contribution in [2.45, 2.75) is 0 Å². The highest BCUT2D eigenvalue weighted by atomic mass is 32.2. The Labute approximate surface area is 183 Å². The first-order valence-electron chi connectivity index (χ1n) is 8.95. The molecule has 30 heavy (non-hydrogen) atoms. The summed E-state index contributed by atoms with van der Waals surface area (Å²) in [5.74, 6) is 0.858. The average molecular weight is 443 g/mol. The Bertz CT molecular complexity index is 1010. The van der Waals surface area contributed by atoms with Crippen LogP contribution in [0.1, 0.15) is 5.56 Å². The van der Waals surface area contributed by atoms with Gasteiger partial charge in [0.15, 0.2) is 0 Å². The van der Waals surface area contributed by atoms with E-state index >= 15 is 0 Å². The van der Waals surface area contributed by atoms with Crippen LogP contribution in [0.25, 0.3) is 6.08 Å². The Morgan fingerprint density at radius 2 is 1.90 bits per heavy atom. The van der Waals surface area contributed by atoms with Gasteiger partial charge in [-0.15, -0.1) is 6.58 Å². The number of nitro benzene ring substituents is 1. The predicted molar refractivity (Wildman–Crippen MR) is 121 cm³/mol. The Morgan fingerprint density at radius 1 is 1.17 bits per heavy atom. The van der Waals surface area contributed by atoms with Gasteiger partial charge in [-0.3, -0.25) is 19.8 Å². The molecule has 3 rings (SSSR count). The molecule has 1 aliphatic heterocycles. The van der Waals surface area contributed by atoms with E-state index < -0.39 is 4.92 Å². The van der Waals surface area contributed by atoms with Gasteiger partial charge in [-0.2, -0.15) is 0 Å². The summed E-state index contributed by atoms with van der Waals surface area (Å²) in [5.41, 5.74) is 0.318. The van der Waals surface area contributed by atoms with Crippen molar-refractivity contribution < 1.29 is 19.2 Å². The van der Waals surface area contributed by atoms with E-state index in [9.17, 15) is 14.9 Å². The summed E-state index contributed by atoms with van der Waals surface area (Å²) in [6.07, 6.45) is 3.14. The number of hydrogen-bond donors (Lipinski definition) is 0. The summed E-state index contributed by atoms with van der Waals surface area (Å²) in [7, 11) is 0. The highest BCUT2D eigenvalue weighted by Gasteiger charge is 2.31. The number of thiocarbonyl (C=S) groups is 1. The summed E-state index contributed by atoms with van der Waals surface area (Å²) >= 11 is 6.37. The number of benzene rings is 2. The third-order valence-electron chi connectivity index (χ3n) is 4.03. The number of nitro groups is 1. The van der Waals surface area contributed by atoms with Gasteiger partial charge in [0.2, 0.25) is 0 Å². The number of carbonyl (C=O) groups is 1. The molecule has 0 aliphatic carbocycles. The molecule has 0 bridgehead atoms. The van der Waals surface area contributed by atoms with Crippen LogP contribution in [-0.2, 0) is 4.79 Å². The van der Waals surface area contributed by atoms with Crippen LogP contribution in [-0.4, -0.2) is 39.8 Å². The van der Waals surface area contributed by atoms with E-state index in [0.717, 1.165) is 17.5 Å². The fourth-order valence-electron chi connectivity index (χ4n) is 2.65. The first kappa shape index (κ1) is 21.5. The number of ether oxygens (including phenoxy) is 2. The van der Waals surface area contributed by atoms with Crippen molar-refractivity contribution in [3.63, 3.8) is 0 Å². The van der Waals surface area contributed by atoms with Crippen LogP contribution in [0.5, 0.6) is 11.5 Å². The summed E-state index contributed by atoms with van der Waals surface area (Å²) in [5, 5.41) is 11.2. The molecule has 1 amide bonds. The molecule has 0 saturated carbocycles. The number of carbonyl (C=O) groups excluding carboxylic acids is 1. The summed E-state index contributed by atoms with van der Waals surface area (Å²) in [6, 6.07) is 13.5. The van der Waals surface area contributed by atoms with Crippen LogP contribution in [0.4, 0.5) is 5.69 Å². The molecule has 7 nitrogen and oxygen atoms in total. The topological polar surface area (TPSA) is 81.9 Å². The van der Waals surface area contributed by atoms with Crippen molar-refractivity contribution in [2.75, 3.05) is 19.8 Å². The van der Waals surface area contributed by atoms with Crippen molar-refractivity contribution >= 4 is 46.0 Å². The van der Waals surface area contributed by atoms with Crippen LogP contribution >= 0.6 is 24.0 Å². The fourth-order valence-corrected chi connectivity index (χ4v) is 3.92. The van der Waals surface area contributed by atoms with Crippen molar-refractivity contribution in [3.8, 4) is 11.5 Å². The molecule has 9 heteroatoms. The maximum atomic E-state index is 12.6. The van der Waals surface area contributed by atoms with Crippen molar-refractivity contribution in [1.29, 1.82) is 0 Å². The van der Waals surface area contributed by atoms with Gasteiger partial charge in [0.25, 0.3) is 11.6 Å². The molecule has 154 valence electrons. The highest BCUT2D eigenvalue weighted by molar-refractivity contribution is 8.26. The number of thioether (sulfide) groups is 1. The third-order valence-corrected chi connectivity index (χ3v) is 5.41. The second-order valence-corrected chi connectivity index (χ2v) is 7.75. The highest BCUT2D eigenvalue weighted by Crippen LogP contribution is 2.35. The van der Waals surface area contributed by atoms with Crippen molar-refractivity contribution in [1.82, 2.24) is 4.90 Å². The van der Waals surface area contributed by atoms with Crippen molar-refractivity contribution in [2.24, 2.45) is 0 Å². The van der Waals surface area contributed by atoms with Gasteiger partial charge < -0.3 is 9.47 Å². The molecular weight excluding hydrogens is 424 g/mol. The van der Waals surface area contributed by atoms with Crippen LogP contribution in [0, 0.1) is 10.1 Å². The van der Waals surface area contributed by atoms with Gasteiger partial charge in [-0.1, -0.05) is 48.3 Å². The second-order valence-electron chi connectivity index (χ2n) is 6.07. The molecule has 1 heterocycles. The van der Waals surface area contributed by atoms with Gasteiger partial charge in [0.1, 0.15) is 29.0 Å². The van der Waals surface area contributed by atoms with E-state index in [1.165, 1.54) is 23.1 Å². The lowest BCUT2D eigenvalue weighted by Crippen LogP contribution is -2.27. The molecule has 1 aliphatic rings. The smallest absolute Gasteiger partial charge is 0.270 e. The Hall–Kier alpha value is -3.17.